The van der Waals surface area contributed by atoms with E-state index in [9.17, 15) is 14.9 Å². The monoisotopic (exact) mass is 314 g/mol. The Morgan fingerprint density at radius 1 is 1.30 bits per heavy atom. The second kappa shape index (κ2) is 6.60. The zero-order valence-electron chi connectivity index (χ0n) is 12.7. The predicted octanol–water partition coefficient (Wildman–Crippen LogP) is 2.57. The molecule has 0 bridgehead atoms. The lowest BCUT2D eigenvalue weighted by Crippen LogP contribution is -2.26. The van der Waals surface area contributed by atoms with Crippen molar-refractivity contribution in [2.75, 3.05) is 25.0 Å². The number of carbonyl (C=O) groups excluding carboxylic acids is 1. The van der Waals surface area contributed by atoms with Gasteiger partial charge in [0.25, 0.3) is 5.69 Å². The maximum absolute atomic E-state index is 11.5. The van der Waals surface area contributed by atoms with Crippen molar-refractivity contribution in [3.8, 4) is 0 Å². The number of benzene rings is 1. The zero-order chi connectivity index (χ0) is 16.2. The van der Waals surface area contributed by atoms with E-state index < -0.39 is 4.92 Å². The summed E-state index contributed by atoms with van der Waals surface area (Å²) in [4.78, 5) is 28.1. The summed E-state index contributed by atoms with van der Waals surface area (Å²) in [5.74, 6) is 0.233. The number of hydrogen-bond acceptors (Lipinski definition) is 5. The third kappa shape index (κ3) is 3.23. The van der Waals surface area contributed by atoms with E-state index >= 15 is 0 Å². The number of carbonyl (C=O) groups is 1. The lowest BCUT2D eigenvalue weighted by Gasteiger charge is -2.16. The molecule has 23 heavy (non-hydrogen) atoms. The van der Waals surface area contributed by atoms with Gasteiger partial charge in [-0.05, 0) is 25.0 Å². The molecule has 0 unspecified atom stereocenters. The molecule has 0 atom stereocenters. The van der Waals surface area contributed by atoms with Gasteiger partial charge in [0, 0.05) is 55.6 Å². The van der Waals surface area contributed by atoms with Crippen LogP contribution >= 0.6 is 0 Å². The van der Waals surface area contributed by atoms with Gasteiger partial charge >= 0.3 is 0 Å². The van der Waals surface area contributed by atoms with Crippen LogP contribution in [0.3, 0.4) is 0 Å². The second-order valence-corrected chi connectivity index (χ2v) is 5.58. The van der Waals surface area contributed by atoms with Gasteiger partial charge in [0.05, 0.1) is 10.3 Å². The first kappa shape index (κ1) is 15.2. The highest BCUT2D eigenvalue weighted by Gasteiger charge is 2.19. The summed E-state index contributed by atoms with van der Waals surface area (Å²) in [5.41, 5.74) is 0.905. The summed E-state index contributed by atoms with van der Waals surface area (Å²) in [5, 5.41) is 15.7. The van der Waals surface area contributed by atoms with Crippen molar-refractivity contribution < 1.29 is 9.72 Å². The normalized spacial score (nSPS) is 14.4. The summed E-state index contributed by atoms with van der Waals surface area (Å²) < 4.78 is 0. The molecule has 1 aromatic carbocycles. The first-order chi connectivity index (χ1) is 11.2. The first-order valence-electron chi connectivity index (χ1n) is 7.69. The van der Waals surface area contributed by atoms with E-state index in [2.05, 4.69) is 10.3 Å². The second-order valence-electron chi connectivity index (χ2n) is 5.58. The van der Waals surface area contributed by atoms with Crippen LogP contribution in [0, 0.1) is 10.1 Å². The van der Waals surface area contributed by atoms with E-state index in [0.29, 0.717) is 18.4 Å². The number of nitro groups is 1. The molecule has 0 aliphatic carbocycles. The molecule has 0 radical (unpaired) electrons. The minimum Gasteiger partial charge on any atom is -0.384 e. The van der Waals surface area contributed by atoms with Gasteiger partial charge in [-0.2, -0.15) is 0 Å². The van der Waals surface area contributed by atoms with Crippen molar-refractivity contribution in [1.29, 1.82) is 0 Å². The lowest BCUT2D eigenvalue weighted by molar-refractivity contribution is -0.383. The fourth-order valence-corrected chi connectivity index (χ4v) is 2.92. The molecule has 1 amide bonds. The van der Waals surface area contributed by atoms with E-state index in [1.165, 1.54) is 12.3 Å². The van der Waals surface area contributed by atoms with Crippen molar-refractivity contribution in [2.45, 2.75) is 19.3 Å². The summed E-state index contributed by atoms with van der Waals surface area (Å²) in [6, 6.07) is 4.99. The van der Waals surface area contributed by atoms with Crippen LogP contribution in [0.1, 0.15) is 19.3 Å². The minimum atomic E-state index is -0.396. The van der Waals surface area contributed by atoms with Gasteiger partial charge in [-0.25, -0.2) is 0 Å². The first-order valence-corrected chi connectivity index (χ1v) is 7.69. The lowest BCUT2D eigenvalue weighted by atomic mass is 10.1. The van der Waals surface area contributed by atoms with Gasteiger partial charge in [-0.1, -0.05) is 0 Å². The van der Waals surface area contributed by atoms with Gasteiger partial charge in [0.2, 0.25) is 5.91 Å². The Hall–Kier alpha value is -2.70. The van der Waals surface area contributed by atoms with Gasteiger partial charge < -0.3 is 10.2 Å². The number of hydrogen-bond donors (Lipinski definition) is 1. The number of anilines is 1. The van der Waals surface area contributed by atoms with E-state index in [-0.39, 0.29) is 11.6 Å². The van der Waals surface area contributed by atoms with Crippen LogP contribution in [-0.4, -0.2) is 40.3 Å². The molecule has 7 nitrogen and oxygen atoms in total. The average molecular weight is 314 g/mol. The third-order valence-corrected chi connectivity index (χ3v) is 4.08. The Balaban J connectivity index is 1.67. The molecule has 1 aliphatic heterocycles. The number of pyridine rings is 1. The number of aromatic nitrogens is 1. The molecule has 0 saturated carbocycles. The molecular formula is C16H18N4O3. The summed E-state index contributed by atoms with van der Waals surface area (Å²) in [7, 11) is 0. The maximum atomic E-state index is 11.5. The highest BCUT2D eigenvalue weighted by Crippen LogP contribution is 2.30. The van der Waals surface area contributed by atoms with Crippen LogP contribution in [0.2, 0.25) is 0 Å². The molecule has 7 heteroatoms. The van der Waals surface area contributed by atoms with E-state index in [1.807, 2.05) is 4.90 Å². The van der Waals surface area contributed by atoms with Crippen molar-refractivity contribution in [1.82, 2.24) is 9.88 Å². The molecular weight excluding hydrogens is 296 g/mol. The summed E-state index contributed by atoms with van der Waals surface area (Å²) in [6.07, 6.45) is 5.59. The Morgan fingerprint density at radius 2 is 2.17 bits per heavy atom. The predicted molar refractivity (Wildman–Crippen MR) is 87.3 cm³/mol. The molecule has 1 aromatic heterocycles. The molecule has 0 spiro atoms. The number of nitrogens with zero attached hydrogens (tertiary/aromatic N) is 3. The molecule has 1 fully saturated rings. The van der Waals surface area contributed by atoms with Gasteiger partial charge in [0.15, 0.2) is 0 Å². The fraction of sp³-hybridized carbons (Fsp3) is 0.375. The Morgan fingerprint density at radius 3 is 2.91 bits per heavy atom. The Bertz CT molecular complexity index is 747. The van der Waals surface area contributed by atoms with Crippen LogP contribution in [0.25, 0.3) is 10.8 Å². The standard InChI is InChI=1S/C16H18N4O3/c21-16-3-1-9-19(16)10-2-7-18-14-4-5-15(20(22)23)13-11-17-8-6-12(13)14/h4-6,8,11,18H,1-3,7,9-10H2. The van der Waals surface area contributed by atoms with E-state index in [4.69, 9.17) is 0 Å². The number of fused-ring (bicyclic) bond motifs is 1. The smallest absolute Gasteiger partial charge is 0.278 e. The molecule has 3 rings (SSSR count). The number of nitro benzene ring substituents is 1. The molecule has 1 aliphatic rings. The quantitative estimate of drug-likeness (QED) is 0.503. The van der Waals surface area contributed by atoms with Crippen LogP contribution in [-0.2, 0) is 4.79 Å². The van der Waals surface area contributed by atoms with Gasteiger partial charge in [-0.3, -0.25) is 19.9 Å². The van der Waals surface area contributed by atoms with Crippen LogP contribution in [0.5, 0.6) is 0 Å². The van der Waals surface area contributed by atoms with Crippen LogP contribution in [0.4, 0.5) is 11.4 Å². The summed E-state index contributed by atoms with van der Waals surface area (Å²) >= 11 is 0. The van der Waals surface area contributed by atoms with Gasteiger partial charge in [0.1, 0.15) is 0 Å². The number of likely N-dealkylation sites (tertiary alicyclic amines) is 1. The van der Waals surface area contributed by atoms with E-state index in [1.54, 1.807) is 18.3 Å². The minimum absolute atomic E-state index is 0.0568. The zero-order valence-corrected chi connectivity index (χ0v) is 12.7. The highest BCUT2D eigenvalue weighted by atomic mass is 16.6. The van der Waals surface area contributed by atoms with Gasteiger partial charge in [-0.15, -0.1) is 0 Å². The van der Waals surface area contributed by atoms with Crippen molar-refractivity contribution >= 4 is 28.1 Å². The molecule has 120 valence electrons. The maximum Gasteiger partial charge on any atom is 0.278 e. The third-order valence-electron chi connectivity index (χ3n) is 4.08. The topological polar surface area (TPSA) is 88.4 Å². The van der Waals surface area contributed by atoms with Crippen molar-refractivity contribution in [3.63, 3.8) is 0 Å². The average Bonchev–Trinajstić information content (AvgIpc) is 2.96. The molecule has 2 aromatic rings. The number of amides is 1. The molecule has 1 saturated heterocycles. The van der Waals surface area contributed by atoms with Crippen molar-refractivity contribution in [2.24, 2.45) is 0 Å². The van der Waals surface area contributed by atoms with Crippen LogP contribution < -0.4 is 5.32 Å². The van der Waals surface area contributed by atoms with Crippen LogP contribution in [0.15, 0.2) is 30.6 Å². The number of nitrogens with one attached hydrogen (secondary N) is 1. The number of rotatable bonds is 6. The number of non-ortho nitro benzene ring substituents is 1. The highest BCUT2D eigenvalue weighted by molar-refractivity contribution is 5.99. The molecule has 2 heterocycles. The van der Waals surface area contributed by atoms with E-state index in [0.717, 1.165) is 37.0 Å². The molecule has 1 N–H and O–H groups in total. The Labute approximate surface area is 133 Å². The largest absolute Gasteiger partial charge is 0.384 e. The SMILES string of the molecule is O=C1CCCN1CCCNc1ccc([N+](=O)[O-])c2cnccc12. The fourth-order valence-electron chi connectivity index (χ4n) is 2.92. The summed E-state index contributed by atoms with van der Waals surface area (Å²) in [6.45, 7) is 2.31. The van der Waals surface area contributed by atoms with Crippen molar-refractivity contribution in [3.05, 3.63) is 40.7 Å². The Kier molecular flexibility index (Phi) is 4.36.